The average molecular weight is 219 g/mol. The van der Waals surface area contributed by atoms with Crippen molar-refractivity contribution >= 4 is 17.1 Å². The number of carbonyl (C=O) groups excluding carboxylic acids is 1. The van der Waals surface area contributed by atoms with Gasteiger partial charge in [0.15, 0.2) is 11.5 Å². The molecule has 1 aromatic heterocycles. The number of nitrogens with zero attached hydrogens (tertiary/aromatic N) is 1. The molecule has 0 amide bonds. The number of esters is 1. The summed E-state index contributed by atoms with van der Waals surface area (Å²) in [6, 6.07) is 5.76. The van der Waals surface area contributed by atoms with Gasteiger partial charge in [0, 0.05) is 13.3 Å². The molecule has 2 aromatic rings. The first-order valence-corrected chi connectivity index (χ1v) is 5.12. The molecule has 0 aliphatic carbocycles. The Balaban J connectivity index is 2.16. The minimum atomic E-state index is -0.198. The van der Waals surface area contributed by atoms with E-state index < -0.39 is 0 Å². The normalized spacial score (nSPS) is 10.6. The van der Waals surface area contributed by atoms with Gasteiger partial charge in [0.05, 0.1) is 7.11 Å². The van der Waals surface area contributed by atoms with Crippen LogP contribution in [-0.2, 0) is 16.0 Å². The first-order valence-electron chi connectivity index (χ1n) is 5.12. The first-order chi connectivity index (χ1) is 7.69. The molecule has 0 spiro atoms. The minimum absolute atomic E-state index is 0.198. The number of rotatable bonds is 3. The number of fused-ring (bicyclic) bond motifs is 1. The number of methoxy groups -OCH3 is 1. The summed E-state index contributed by atoms with van der Waals surface area (Å²) in [5.74, 6) is 0.455. The van der Waals surface area contributed by atoms with E-state index in [1.165, 1.54) is 7.11 Å². The second kappa shape index (κ2) is 4.35. The highest BCUT2D eigenvalue weighted by Crippen LogP contribution is 2.17. The third kappa shape index (κ3) is 2.21. The van der Waals surface area contributed by atoms with Crippen molar-refractivity contribution in [3.8, 4) is 0 Å². The molecule has 0 aliphatic rings. The minimum Gasteiger partial charge on any atom is -0.469 e. The van der Waals surface area contributed by atoms with Crippen LogP contribution >= 0.6 is 0 Å². The van der Waals surface area contributed by atoms with E-state index in [2.05, 4.69) is 9.72 Å². The molecule has 16 heavy (non-hydrogen) atoms. The number of hydrogen-bond acceptors (Lipinski definition) is 4. The quantitative estimate of drug-likeness (QED) is 0.743. The fourth-order valence-electron chi connectivity index (χ4n) is 1.59. The largest absolute Gasteiger partial charge is 0.469 e. The van der Waals surface area contributed by atoms with Gasteiger partial charge in [0.1, 0.15) is 5.52 Å². The van der Waals surface area contributed by atoms with Gasteiger partial charge in [-0.3, -0.25) is 4.79 Å². The summed E-state index contributed by atoms with van der Waals surface area (Å²) >= 11 is 0. The van der Waals surface area contributed by atoms with Gasteiger partial charge in [-0.25, -0.2) is 4.98 Å². The standard InChI is InChI=1S/C12H13NO3/c1-8-13-10-7-9(3-5-11(10)16-8)4-6-12(14)15-2/h3,5,7H,4,6H2,1-2H3. The molecule has 2 rings (SSSR count). The van der Waals surface area contributed by atoms with Gasteiger partial charge < -0.3 is 9.15 Å². The lowest BCUT2D eigenvalue weighted by Gasteiger charge is -1.99. The highest BCUT2D eigenvalue weighted by atomic mass is 16.5. The molecule has 0 saturated carbocycles. The van der Waals surface area contributed by atoms with Crippen LogP contribution in [0.15, 0.2) is 22.6 Å². The highest BCUT2D eigenvalue weighted by Gasteiger charge is 2.05. The Kier molecular flexibility index (Phi) is 2.90. The number of aryl methyl sites for hydroxylation is 2. The van der Waals surface area contributed by atoms with Crippen molar-refractivity contribution in [2.45, 2.75) is 19.8 Å². The van der Waals surface area contributed by atoms with Crippen molar-refractivity contribution in [1.29, 1.82) is 0 Å². The smallest absolute Gasteiger partial charge is 0.305 e. The van der Waals surface area contributed by atoms with Gasteiger partial charge >= 0.3 is 5.97 Å². The zero-order valence-electron chi connectivity index (χ0n) is 9.32. The zero-order valence-corrected chi connectivity index (χ0v) is 9.32. The lowest BCUT2D eigenvalue weighted by atomic mass is 10.1. The first kappa shape index (κ1) is 10.7. The highest BCUT2D eigenvalue weighted by molar-refractivity contribution is 5.74. The van der Waals surface area contributed by atoms with Crippen LogP contribution < -0.4 is 0 Å². The monoisotopic (exact) mass is 219 g/mol. The summed E-state index contributed by atoms with van der Waals surface area (Å²) < 4.78 is 9.96. The fourth-order valence-corrected chi connectivity index (χ4v) is 1.59. The van der Waals surface area contributed by atoms with Crippen LogP contribution in [0, 0.1) is 6.92 Å². The van der Waals surface area contributed by atoms with Crippen LogP contribution in [-0.4, -0.2) is 18.1 Å². The van der Waals surface area contributed by atoms with Crippen molar-refractivity contribution < 1.29 is 13.9 Å². The fraction of sp³-hybridized carbons (Fsp3) is 0.333. The van der Waals surface area contributed by atoms with Crippen LogP contribution in [0.5, 0.6) is 0 Å². The van der Waals surface area contributed by atoms with Crippen LogP contribution in [0.2, 0.25) is 0 Å². The second-order valence-corrected chi connectivity index (χ2v) is 3.61. The van der Waals surface area contributed by atoms with E-state index in [1.54, 1.807) is 0 Å². The van der Waals surface area contributed by atoms with E-state index in [0.29, 0.717) is 18.7 Å². The molecule has 0 unspecified atom stereocenters. The molecular formula is C12H13NO3. The summed E-state index contributed by atoms with van der Waals surface area (Å²) in [5, 5.41) is 0. The number of ether oxygens (including phenoxy) is 1. The molecule has 0 atom stereocenters. The summed E-state index contributed by atoms with van der Waals surface area (Å²) in [6.07, 6.45) is 1.05. The summed E-state index contributed by atoms with van der Waals surface area (Å²) in [7, 11) is 1.40. The predicted octanol–water partition coefficient (Wildman–Crippen LogP) is 2.24. The molecule has 0 N–H and O–H groups in total. The Morgan fingerprint density at radius 3 is 3.06 bits per heavy atom. The molecule has 0 fully saturated rings. The van der Waals surface area contributed by atoms with E-state index in [4.69, 9.17) is 4.42 Å². The maximum atomic E-state index is 11.0. The third-order valence-corrected chi connectivity index (χ3v) is 2.40. The number of oxazole rings is 1. The summed E-state index contributed by atoms with van der Waals surface area (Å²) in [6.45, 7) is 1.81. The molecule has 1 aromatic carbocycles. The Hall–Kier alpha value is -1.84. The Morgan fingerprint density at radius 2 is 2.31 bits per heavy atom. The number of benzene rings is 1. The molecule has 4 heteroatoms. The van der Waals surface area contributed by atoms with Crippen molar-refractivity contribution in [3.05, 3.63) is 29.7 Å². The molecule has 0 bridgehead atoms. The van der Waals surface area contributed by atoms with E-state index in [1.807, 2.05) is 25.1 Å². The molecule has 84 valence electrons. The molecule has 0 aliphatic heterocycles. The zero-order chi connectivity index (χ0) is 11.5. The lowest BCUT2D eigenvalue weighted by Crippen LogP contribution is -2.01. The molecule has 0 saturated heterocycles. The maximum absolute atomic E-state index is 11.0. The summed E-state index contributed by atoms with van der Waals surface area (Å²) in [5.41, 5.74) is 2.67. The predicted molar refractivity (Wildman–Crippen MR) is 59.1 cm³/mol. The third-order valence-electron chi connectivity index (χ3n) is 2.40. The number of aromatic nitrogens is 1. The molecule has 0 radical (unpaired) electrons. The van der Waals surface area contributed by atoms with Crippen molar-refractivity contribution in [1.82, 2.24) is 4.98 Å². The number of carbonyl (C=O) groups is 1. The van der Waals surface area contributed by atoms with E-state index in [0.717, 1.165) is 16.7 Å². The van der Waals surface area contributed by atoms with Crippen molar-refractivity contribution in [2.24, 2.45) is 0 Å². The van der Waals surface area contributed by atoms with Crippen LogP contribution in [0.25, 0.3) is 11.1 Å². The van der Waals surface area contributed by atoms with Gasteiger partial charge in [-0.2, -0.15) is 0 Å². The van der Waals surface area contributed by atoms with Gasteiger partial charge in [0.25, 0.3) is 0 Å². The molecule has 1 heterocycles. The van der Waals surface area contributed by atoms with Gasteiger partial charge in [-0.1, -0.05) is 6.07 Å². The topological polar surface area (TPSA) is 52.3 Å². The molecule has 4 nitrogen and oxygen atoms in total. The van der Waals surface area contributed by atoms with Crippen LogP contribution in [0.4, 0.5) is 0 Å². The SMILES string of the molecule is COC(=O)CCc1ccc2oc(C)nc2c1. The average Bonchev–Trinajstić information content (AvgIpc) is 2.65. The Labute approximate surface area is 93.2 Å². The van der Waals surface area contributed by atoms with Gasteiger partial charge in [-0.05, 0) is 24.1 Å². The second-order valence-electron chi connectivity index (χ2n) is 3.61. The van der Waals surface area contributed by atoms with E-state index >= 15 is 0 Å². The van der Waals surface area contributed by atoms with Gasteiger partial charge in [-0.15, -0.1) is 0 Å². The van der Waals surface area contributed by atoms with E-state index in [9.17, 15) is 4.79 Å². The molecular weight excluding hydrogens is 206 g/mol. The van der Waals surface area contributed by atoms with Gasteiger partial charge in [0.2, 0.25) is 0 Å². The Morgan fingerprint density at radius 1 is 1.50 bits per heavy atom. The Bertz CT molecular complexity index is 516. The van der Waals surface area contributed by atoms with Crippen molar-refractivity contribution in [3.63, 3.8) is 0 Å². The summed E-state index contributed by atoms with van der Waals surface area (Å²) in [4.78, 5) is 15.2. The maximum Gasteiger partial charge on any atom is 0.305 e. The van der Waals surface area contributed by atoms with Crippen molar-refractivity contribution in [2.75, 3.05) is 7.11 Å². The van der Waals surface area contributed by atoms with Crippen LogP contribution in [0.1, 0.15) is 17.9 Å². The van der Waals surface area contributed by atoms with E-state index in [-0.39, 0.29) is 5.97 Å². The van der Waals surface area contributed by atoms with Crippen LogP contribution in [0.3, 0.4) is 0 Å². The lowest BCUT2D eigenvalue weighted by molar-refractivity contribution is -0.140. The number of hydrogen-bond donors (Lipinski definition) is 0.